The Morgan fingerprint density at radius 1 is 1.26 bits per heavy atom. The van der Waals surface area contributed by atoms with Crippen molar-refractivity contribution in [3.8, 4) is 16.5 Å². The zero-order valence-electron chi connectivity index (χ0n) is 9.88. The lowest BCUT2D eigenvalue weighted by molar-refractivity contribution is 0.301. The molecule has 0 saturated carbocycles. The second kappa shape index (κ2) is 5.47. The van der Waals surface area contributed by atoms with Crippen LogP contribution in [0.25, 0.3) is 10.8 Å². The second-order valence-electron chi connectivity index (χ2n) is 3.87. The van der Waals surface area contributed by atoms with Gasteiger partial charge in [0, 0.05) is 5.02 Å². The van der Waals surface area contributed by atoms with Crippen LogP contribution in [0.15, 0.2) is 52.5 Å². The minimum atomic E-state index is 0.356. The van der Waals surface area contributed by atoms with Crippen molar-refractivity contribution < 1.29 is 9.15 Å². The highest BCUT2D eigenvalue weighted by atomic mass is 35.5. The van der Waals surface area contributed by atoms with Gasteiger partial charge in [0.1, 0.15) is 24.3 Å². The van der Waals surface area contributed by atoms with Gasteiger partial charge in [-0.3, -0.25) is 0 Å². The molecule has 3 rings (SSSR count). The molecule has 0 aliphatic heterocycles. The van der Waals surface area contributed by atoms with Crippen molar-refractivity contribution in [3.63, 3.8) is 0 Å². The van der Waals surface area contributed by atoms with Crippen LogP contribution >= 0.6 is 22.9 Å². The lowest BCUT2D eigenvalue weighted by atomic mass is 10.3. The summed E-state index contributed by atoms with van der Waals surface area (Å²) in [5, 5.41) is 2.64. The number of halogens is 1. The molecule has 0 fully saturated rings. The average Bonchev–Trinajstić information content (AvgIpc) is 3.07. The summed E-state index contributed by atoms with van der Waals surface area (Å²) in [5.41, 5.74) is 0.753. The fraction of sp³-hybridized carbons (Fsp3) is 0.0714. The molecule has 0 aliphatic carbocycles. The van der Waals surface area contributed by atoms with Crippen molar-refractivity contribution in [2.45, 2.75) is 6.61 Å². The van der Waals surface area contributed by atoms with Gasteiger partial charge in [-0.05, 0) is 29.6 Å². The maximum Gasteiger partial charge on any atom is 0.236 e. The molecule has 0 atom stereocenters. The molecule has 5 heteroatoms. The number of hydrogen-bond acceptors (Lipinski definition) is 4. The van der Waals surface area contributed by atoms with E-state index in [0.29, 0.717) is 23.3 Å². The topological polar surface area (TPSA) is 35.3 Å². The van der Waals surface area contributed by atoms with Crippen molar-refractivity contribution in [1.82, 2.24) is 4.98 Å². The van der Waals surface area contributed by atoms with Crippen LogP contribution in [0.1, 0.15) is 5.69 Å². The summed E-state index contributed by atoms with van der Waals surface area (Å²) in [6.45, 7) is 0.356. The zero-order valence-corrected chi connectivity index (χ0v) is 11.4. The van der Waals surface area contributed by atoms with Gasteiger partial charge in [0.15, 0.2) is 0 Å². The predicted octanol–water partition coefficient (Wildman–Crippen LogP) is 4.64. The van der Waals surface area contributed by atoms with Crippen molar-refractivity contribution in [1.29, 1.82) is 0 Å². The smallest absolute Gasteiger partial charge is 0.236 e. The van der Waals surface area contributed by atoms with Crippen LogP contribution in [-0.2, 0) is 6.61 Å². The summed E-state index contributed by atoms with van der Waals surface area (Å²) in [5.74, 6) is 1.34. The number of hydrogen-bond donors (Lipinski definition) is 0. The number of oxazole rings is 1. The SMILES string of the molecule is Clc1cccc(OCc2coc(-c3cccs3)n2)c1. The largest absolute Gasteiger partial charge is 0.487 e. The molecule has 2 heterocycles. The van der Waals surface area contributed by atoms with Gasteiger partial charge in [-0.25, -0.2) is 4.98 Å². The van der Waals surface area contributed by atoms with E-state index in [4.69, 9.17) is 20.8 Å². The molecule has 0 aliphatic rings. The van der Waals surface area contributed by atoms with Crippen molar-refractivity contribution in [3.05, 3.63) is 58.8 Å². The van der Waals surface area contributed by atoms with Crippen molar-refractivity contribution in [2.24, 2.45) is 0 Å². The van der Waals surface area contributed by atoms with Crippen LogP contribution in [0.2, 0.25) is 5.02 Å². The minimum Gasteiger partial charge on any atom is -0.487 e. The molecular weight excluding hydrogens is 282 g/mol. The summed E-state index contributed by atoms with van der Waals surface area (Å²) in [7, 11) is 0. The number of nitrogens with zero attached hydrogens (tertiary/aromatic N) is 1. The molecule has 3 nitrogen and oxygen atoms in total. The number of benzene rings is 1. The zero-order chi connectivity index (χ0) is 13.1. The van der Waals surface area contributed by atoms with E-state index in [9.17, 15) is 0 Å². The third-order valence-electron chi connectivity index (χ3n) is 2.47. The molecule has 0 N–H and O–H groups in total. The second-order valence-corrected chi connectivity index (χ2v) is 5.25. The fourth-order valence-electron chi connectivity index (χ4n) is 1.60. The molecule has 3 aromatic rings. The third kappa shape index (κ3) is 2.97. The fourth-order valence-corrected chi connectivity index (χ4v) is 2.44. The molecule has 0 unspecified atom stereocenters. The van der Waals surface area contributed by atoms with E-state index < -0.39 is 0 Å². The summed E-state index contributed by atoms with van der Waals surface area (Å²) >= 11 is 7.48. The molecule has 1 aromatic carbocycles. The monoisotopic (exact) mass is 291 g/mol. The first-order chi connectivity index (χ1) is 9.31. The maximum absolute atomic E-state index is 5.89. The first-order valence-electron chi connectivity index (χ1n) is 5.68. The van der Waals surface area contributed by atoms with Gasteiger partial charge in [0.05, 0.1) is 4.88 Å². The lowest BCUT2D eigenvalue weighted by Gasteiger charge is -2.03. The molecule has 0 bridgehead atoms. The Bertz CT molecular complexity index is 664. The highest BCUT2D eigenvalue weighted by Crippen LogP contribution is 2.24. The summed E-state index contributed by atoms with van der Waals surface area (Å²) < 4.78 is 11.0. The standard InChI is InChI=1S/C14H10ClNO2S/c15-10-3-1-4-12(7-10)17-8-11-9-18-14(16-11)13-5-2-6-19-13/h1-7,9H,8H2. The predicted molar refractivity (Wildman–Crippen MR) is 75.6 cm³/mol. The molecule has 0 radical (unpaired) electrons. The van der Waals surface area contributed by atoms with Gasteiger partial charge in [0.2, 0.25) is 5.89 Å². The van der Waals surface area contributed by atoms with E-state index in [1.54, 1.807) is 29.7 Å². The normalized spacial score (nSPS) is 10.6. The van der Waals surface area contributed by atoms with Crippen LogP contribution in [0.4, 0.5) is 0 Å². The maximum atomic E-state index is 5.89. The van der Waals surface area contributed by atoms with Crippen LogP contribution in [0, 0.1) is 0 Å². The Kier molecular flexibility index (Phi) is 3.53. The van der Waals surface area contributed by atoms with Gasteiger partial charge < -0.3 is 9.15 Å². The molecule has 0 spiro atoms. The van der Waals surface area contributed by atoms with Crippen LogP contribution in [0.3, 0.4) is 0 Å². The van der Waals surface area contributed by atoms with E-state index in [1.807, 2.05) is 29.6 Å². The van der Waals surface area contributed by atoms with E-state index in [0.717, 1.165) is 10.6 Å². The van der Waals surface area contributed by atoms with Gasteiger partial charge in [-0.2, -0.15) is 0 Å². The molecule has 2 aromatic heterocycles. The van der Waals surface area contributed by atoms with Crippen molar-refractivity contribution >= 4 is 22.9 Å². The Hall–Kier alpha value is -1.78. The molecule has 96 valence electrons. The first kappa shape index (κ1) is 12.3. The quantitative estimate of drug-likeness (QED) is 0.702. The third-order valence-corrected chi connectivity index (χ3v) is 3.56. The van der Waals surface area contributed by atoms with Gasteiger partial charge >= 0.3 is 0 Å². The van der Waals surface area contributed by atoms with Gasteiger partial charge in [0.25, 0.3) is 0 Å². The minimum absolute atomic E-state index is 0.356. The molecule has 0 amide bonds. The highest BCUT2D eigenvalue weighted by molar-refractivity contribution is 7.13. The number of rotatable bonds is 4. The lowest BCUT2D eigenvalue weighted by Crippen LogP contribution is -1.95. The first-order valence-corrected chi connectivity index (χ1v) is 6.94. The van der Waals surface area contributed by atoms with E-state index in [1.165, 1.54) is 0 Å². The highest BCUT2D eigenvalue weighted by Gasteiger charge is 2.08. The van der Waals surface area contributed by atoms with Crippen molar-refractivity contribution in [2.75, 3.05) is 0 Å². The van der Waals surface area contributed by atoms with Crippen LogP contribution in [-0.4, -0.2) is 4.98 Å². The Morgan fingerprint density at radius 2 is 2.21 bits per heavy atom. The van der Waals surface area contributed by atoms with E-state index >= 15 is 0 Å². The van der Waals surface area contributed by atoms with Crippen LogP contribution < -0.4 is 4.74 Å². The van der Waals surface area contributed by atoms with E-state index in [2.05, 4.69) is 4.98 Å². The summed E-state index contributed by atoms with van der Waals surface area (Å²) in [6.07, 6.45) is 1.61. The van der Waals surface area contributed by atoms with E-state index in [-0.39, 0.29) is 0 Å². The van der Waals surface area contributed by atoms with Gasteiger partial charge in [-0.15, -0.1) is 11.3 Å². The molecule has 0 saturated heterocycles. The number of aromatic nitrogens is 1. The number of ether oxygens (including phenoxy) is 1. The van der Waals surface area contributed by atoms with Crippen LogP contribution in [0.5, 0.6) is 5.75 Å². The average molecular weight is 292 g/mol. The Balaban J connectivity index is 1.68. The summed E-state index contributed by atoms with van der Waals surface area (Å²) in [4.78, 5) is 5.38. The Morgan fingerprint density at radius 3 is 3.00 bits per heavy atom. The summed E-state index contributed by atoms with van der Waals surface area (Å²) in [6, 6.07) is 11.2. The molecular formula is C14H10ClNO2S. The van der Waals surface area contributed by atoms with Gasteiger partial charge in [-0.1, -0.05) is 23.7 Å². The Labute approximate surface area is 119 Å². The number of thiophene rings is 1. The molecule has 19 heavy (non-hydrogen) atoms.